The van der Waals surface area contributed by atoms with Crippen molar-refractivity contribution in [3.63, 3.8) is 0 Å². The van der Waals surface area contributed by atoms with Crippen LogP contribution in [0.3, 0.4) is 0 Å². The molecule has 7 heteroatoms. The van der Waals surface area contributed by atoms with Crippen molar-refractivity contribution in [3.8, 4) is 11.5 Å². The van der Waals surface area contributed by atoms with Gasteiger partial charge in [0.1, 0.15) is 11.5 Å². The van der Waals surface area contributed by atoms with E-state index in [0.29, 0.717) is 19.4 Å². The maximum Gasteiger partial charge on any atom is 0.243 e. The molecule has 0 bridgehead atoms. The Morgan fingerprint density at radius 2 is 1.79 bits per heavy atom. The highest BCUT2D eigenvalue weighted by atomic mass is 16.5. The second kappa shape index (κ2) is 12.0. The number of ether oxygens (including phenoxy) is 2. The number of hydrogen-bond acceptors (Lipinski definition) is 5. The Labute approximate surface area is 195 Å². The van der Waals surface area contributed by atoms with Gasteiger partial charge in [-0.15, -0.1) is 0 Å². The quantitative estimate of drug-likeness (QED) is 0.511. The van der Waals surface area contributed by atoms with Crippen LogP contribution in [0.5, 0.6) is 11.5 Å². The minimum atomic E-state index is -0.141. The van der Waals surface area contributed by atoms with Crippen LogP contribution in [-0.2, 0) is 9.59 Å². The third kappa shape index (κ3) is 7.07. The highest BCUT2D eigenvalue weighted by Crippen LogP contribution is 2.20. The van der Waals surface area contributed by atoms with Crippen molar-refractivity contribution in [2.75, 3.05) is 20.3 Å². The van der Waals surface area contributed by atoms with Gasteiger partial charge in [-0.05, 0) is 60.9 Å². The van der Waals surface area contributed by atoms with Crippen LogP contribution in [0.15, 0.2) is 53.6 Å². The van der Waals surface area contributed by atoms with Gasteiger partial charge in [0, 0.05) is 19.3 Å². The van der Waals surface area contributed by atoms with Gasteiger partial charge in [0.05, 0.1) is 32.0 Å². The molecule has 0 unspecified atom stereocenters. The molecule has 0 saturated carbocycles. The van der Waals surface area contributed by atoms with E-state index in [1.54, 1.807) is 7.11 Å². The van der Waals surface area contributed by atoms with E-state index < -0.39 is 0 Å². The van der Waals surface area contributed by atoms with Crippen LogP contribution in [0.25, 0.3) is 0 Å². The molecule has 0 radical (unpaired) electrons. The van der Waals surface area contributed by atoms with E-state index in [0.717, 1.165) is 41.2 Å². The predicted molar refractivity (Wildman–Crippen MR) is 128 cm³/mol. The topological polar surface area (TPSA) is 80.2 Å². The molecule has 1 aliphatic heterocycles. The minimum Gasteiger partial charge on any atom is -0.497 e. The second-order valence-corrected chi connectivity index (χ2v) is 8.10. The van der Waals surface area contributed by atoms with E-state index in [4.69, 9.17) is 9.47 Å². The van der Waals surface area contributed by atoms with Crippen LogP contribution in [0.4, 0.5) is 0 Å². The molecule has 0 spiro atoms. The summed E-state index contributed by atoms with van der Waals surface area (Å²) >= 11 is 0. The maximum atomic E-state index is 12.5. The number of carbonyl (C=O) groups excluding carboxylic acids is 2. The number of hydrazone groups is 1. The molecule has 33 heavy (non-hydrogen) atoms. The molecule has 0 fully saturated rings. The zero-order valence-corrected chi connectivity index (χ0v) is 19.7. The van der Waals surface area contributed by atoms with Crippen LogP contribution in [0, 0.1) is 0 Å². The van der Waals surface area contributed by atoms with E-state index in [2.05, 4.69) is 17.3 Å². The molecule has 1 heterocycles. The molecule has 0 aliphatic carbocycles. The average molecular weight is 452 g/mol. The van der Waals surface area contributed by atoms with E-state index in [9.17, 15) is 9.59 Å². The lowest BCUT2D eigenvalue weighted by Gasteiger charge is -2.24. The van der Waals surface area contributed by atoms with Crippen LogP contribution in [0.1, 0.15) is 63.1 Å². The third-order valence-electron chi connectivity index (χ3n) is 5.60. The minimum absolute atomic E-state index is 0.0632. The SMILES string of the molecule is CCCCOc1ccc([C@H](C)NC(=O)CCN2N=C(c3ccc(OC)cc3)CCC2=O)cc1. The van der Waals surface area contributed by atoms with Crippen molar-refractivity contribution in [1.29, 1.82) is 0 Å². The molecular weight excluding hydrogens is 418 g/mol. The summed E-state index contributed by atoms with van der Waals surface area (Å²) in [5, 5.41) is 8.91. The van der Waals surface area contributed by atoms with Crippen molar-refractivity contribution in [2.24, 2.45) is 5.10 Å². The van der Waals surface area contributed by atoms with Crippen molar-refractivity contribution in [3.05, 3.63) is 59.7 Å². The first-order chi connectivity index (χ1) is 16.0. The standard InChI is InChI=1S/C26H33N3O4/c1-4-5-18-33-23-12-6-20(7-13-23)19(2)27-25(30)16-17-29-26(31)15-14-24(28-29)21-8-10-22(32-3)11-9-21/h6-13,19H,4-5,14-18H2,1-3H3,(H,27,30)/t19-/m0/s1. The molecule has 2 aromatic carbocycles. The summed E-state index contributed by atoms with van der Waals surface area (Å²) in [7, 11) is 1.62. The van der Waals surface area contributed by atoms with Gasteiger partial charge in [-0.2, -0.15) is 5.10 Å². The smallest absolute Gasteiger partial charge is 0.243 e. The Hall–Kier alpha value is -3.35. The Morgan fingerprint density at radius 3 is 2.45 bits per heavy atom. The fraction of sp³-hybridized carbons (Fsp3) is 0.423. The fourth-order valence-corrected chi connectivity index (χ4v) is 3.56. The Morgan fingerprint density at radius 1 is 1.09 bits per heavy atom. The number of benzene rings is 2. The first-order valence-corrected chi connectivity index (χ1v) is 11.5. The van der Waals surface area contributed by atoms with Crippen LogP contribution >= 0.6 is 0 Å². The fourth-order valence-electron chi connectivity index (χ4n) is 3.56. The van der Waals surface area contributed by atoms with Crippen molar-refractivity contribution in [2.45, 2.75) is 52.0 Å². The molecular formula is C26H33N3O4. The predicted octanol–water partition coefficient (Wildman–Crippen LogP) is 4.47. The molecule has 2 amide bonds. The number of nitrogens with one attached hydrogen (secondary N) is 1. The molecule has 176 valence electrons. The molecule has 0 aromatic heterocycles. The molecule has 1 atom stereocenters. The van der Waals surface area contributed by atoms with Gasteiger partial charge in [0.25, 0.3) is 0 Å². The molecule has 0 saturated heterocycles. The van der Waals surface area contributed by atoms with Gasteiger partial charge < -0.3 is 14.8 Å². The summed E-state index contributed by atoms with van der Waals surface area (Å²) in [5.74, 6) is 1.42. The summed E-state index contributed by atoms with van der Waals surface area (Å²) in [5.41, 5.74) is 2.79. The van der Waals surface area contributed by atoms with Crippen molar-refractivity contribution in [1.82, 2.24) is 10.3 Å². The summed E-state index contributed by atoms with van der Waals surface area (Å²) in [6.45, 7) is 5.03. The number of hydrogen-bond donors (Lipinski definition) is 1. The van der Waals surface area contributed by atoms with Crippen molar-refractivity contribution < 1.29 is 19.1 Å². The van der Waals surface area contributed by atoms with Crippen molar-refractivity contribution >= 4 is 17.5 Å². The number of methoxy groups -OCH3 is 1. The number of amides is 2. The van der Waals surface area contributed by atoms with Gasteiger partial charge in [0.2, 0.25) is 11.8 Å². The Balaban J connectivity index is 1.51. The number of rotatable bonds is 11. The van der Waals surface area contributed by atoms with Gasteiger partial charge in [-0.25, -0.2) is 5.01 Å². The Kier molecular flexibility index (Phi) is 8.87. The first-order valence-electron chi connectivity index (χ1n) is 11.5. The summed E-state index contributed by atoms with van der Waals surface area (Å²) in [6.07, 6.45) is 3.28. The lowest BCUT2D eigenvalue weighted by atomic mass is 10.0. The van der Waals surface area contributed by atoms with E-state index >= 15 is 0 Å². The van der Waals surface area contributed by atoms with Gasteiger partial charge in [-0.3, -0.25) is 9.59 Å². The highest BCUT2D eigenvalue weighted by Gasteiger charge is 2.22. The van der Waals surface area contributed by atoms with Crippen LogP contribution in [-0.4, -0.2) is 42.8 Å². The van der Waals surface area contributed by atoms with Crippen LogP contribution in [0.2, 0.25) is 0 Å². The zero-order chi connectivity index (χ0) is 23.6. The first kappa shape index (κ1) is 24.3. The van der Waals surface area contributed by atoms with E-state index in [1.807, 2.05) is 55.5 Å². The maximum absolute atomic E-state index is 12.5. The second-order valence-electron chi connectivity index (χ2n) is 8.10. The van der Waals surface area contributed by atoms with Gasteiger partial charge >= 0.3 is 0 Å². The molecule has 3 rings (SSSR count). The zero-order valence-electron chi connectivity index (χ0n) is 19.7. The van der Waals surface area contributed by atoms with Gasteiger partial charge in [-0.1, -0.05) is 25.5 Å². The normalized spacial score (nSPS) is 14.5. The highest BCUT2D eigenvalue weighted by molar-refractivity contribution is 6.04. The lowest BCUT2D eigenvalue weighted by molar-refractivity contribution is -0.132. The monoisotopic (exact) mass is 451 g/mol. The number of carbonyl (C=O) groups is 2. The average Bonchev–Trinajstić information content (AvgIpc) is 2.84. The summed E-state index contributed by atoms with van der Waals surface area (Å²) in [4.78, 5) is 24.8. The summed E-state index contributed by atoms with van der Waals surface area (Å²) < 4.78 is 10.9. The molecule has 1 N–H and O–H groups in total. The van der Waals surface area contributed by atoms with E-state index in [-0.39, 0.29) is 30.8 Å². The largest absolute Gasteiger partial charge is 0.497 e. The summed E-state index contributed by atoms with van der Waals surface area (Å²) in [6, 6.07) is 15.2. The molecule has 7 nitrogen and oxygen atoms in total. The molecule has 1 aliphatic rings. The third-order valence-corrected chi connectivity index (χ3v) is 5.60. The van der Waals surface area contributed by atoms with E-state index in [1.165, 1.54) is 5.01 Å². The lowest BCUT2D eigenvalue weighted by Crippen LogP contribution is -2.36. The molecule has 2 aromatic rings. The van der Waals surface area contributed by atoms with Gasteiger partial charge in [0.15, 0.2) is 0 Å². The number of unbranched alkanes of at least 4 members (excludes halogenated alkanes) is 1. The Bertz CT molecular complexity index is 955. The van der Waals surface area contributed by atoms with Crippen LogP contribution < -0.4 is 14.8 Å². The number of nitrogens with zero attached hydrogens (tertiary/aromatic N) is 2.